The summed E-state index contributed by atoms with van der Waals surface area (Å²) in [4.78, 5) is 11.5. The Balaban J connectivity index is 2.29. The van der Waals surface area contributed by atoms with Gasteiger partial charge in [-0.05, 0) is 38.8 Å². The zero-order valence-corrected chi connectivity index (χ0v) is 12.2. The first kappa shape index (κ1) is 15.3. The van der Waals surface area contributed by atoms with Crippen molar-refractivity contribution >= 4 is 6.03 Å². The van der Waals surface area contributed by atoms with Crippen LogP contribution in [0.2, 0.25) is 0 Å². The summed E-state index contributed by atoms with van der Waals surface area (Å²) in [6.45, 7) is 8.88. The van der Waals surface area contributed by atoms with Crippen LogP contribution >= 0.6 is 0 Å². The summed E-state index contributed by atoms with van der Waals surface area (Å²) in [7, 11) is 0. The fourth-order valence-corrected chi connectivity index (χ4v) is 1.65. The summed E-state index contributed by atoms with van der Waals surface area (Å²) in [6.07, 6.45) is 0.939. The molecule has 0 saturated carbocycles. The maximum atomic E-state index is 11.5. The molecule has 0 aliphatic rings. The third-order valence-corrected chi connectivity index (χ3v) is 2.49. The summed E-state index contributed by atoms with van der Waals surface area (Å²) in [5, 5.41) is 5.61. The quantitative estimate of drug-likeness (QED) is 0.803. The van der Waals surface area contributed by atoms with Crippen LogP contribution in [0.5, 0.6) is 5.75 Å². The Morgan fingerprint density at radius 3 is 2.58 bits per heavy atom. The van der Waals surface area contributed by atoms with E-state index in [1.165, 1.54) is 5.56 Å². The molecule has 0 aliphatic carbocycles. The van der Waals surface area contributed by atoms with Gasteiger partial charge in [0.1, 0.15) is 12.4 Å². The molecule has 2 amide bonds. The largest absolute Gasteiger partial charge is 0.491 e. The molecule has 0 atom stereocenters. The lowest BCUT2D eigenvalue weighted by molar-refractivity contribution is 0.228. The highest BCUT2D eigenvalue weighted by Crippen LogP contribution is 2.17. The number of amides is 2. The van der Waals surface area contributed by atoms with E-state index in [-0.39, 0.29) is 11.6 Å². The van der Waals surface area contributed by atoms with Crippen LogP contribution in [0.1, 0.15) is 33.3 Å². The van der Waals surface area contributed by atoms with E-state index in [4.69, 9.17) is 4.74 Å². The van der Waals surface area contributed by atoms with Crippen molar-refractivity contribution < 1.29 is 9.53 Å². The fraction of sp³-hybridized carbons (Fsp3) is 0.533. The number of hydrogen-bond acceptors (Lipinski definition) is 2. The summed E-state index contributed by atoms with van der Waals surface area (Å²) >= 11 is 0. The average Bonchev–Trinajstić information content (AvgIpc) is 2.33. The number of rotatable bonds is 5. The molecular weight excluding hydrogens is 240 g/mol. The smallest absolute Gasteiger partial charge is 0.315 e. The number of urea groups is 1. The van der Waals surface area contributed by atoms with Crippen LogP contribution in [-0.2, 0) is 6.42 Å². The molecule has 0 spiro atoms. The van der Waals surface area contributed by atoms with Gasteiger partial charge in [0.25, 0.3) is 0 Å². The average molecular weight is 264 g/mol. The van der Waals surface area contributed by atoms with Crippen molar-refractivity contribution in [1.29, 1.82) is 0 Å². The van der Waals surface area contributed by atoms with Crippen LogP contribution < -0.4 is 15.4 Å². The number of para-hydroxylation sites is 1. The SMILES string of the molecule is CCc1ccccc1OCCNC(=O)NC(C)(C)C. The number of carbonyl (C=O) groups excluding carboxylic acids is 1. The van der Waals surface area contributed by atoms with Gasteiger partial charge >= 0.3 is 6.03 Å². The highest BCUT2D eigenvalue weighted by atomic mass is 16.5. The Labute approximate surface area is 115 Å². The van der Waals surface area contributed by atoms with Crippen LogP contribution in [0.4, 0.5) is 4.79 Å². The van der Waals surface area contributed by atoms with Crippen LogP contribution in [0.25, 0.3) is 0 Å². The lowest BCUT2D eigenvalue weighted by Gasteiger charge is -2.20. The van der Waals surface area contributed by atoms with E-state index in [1.54, 1.807) is 0 Å². The first-order valence-corrected chi connectivity index (χ1v) is 6.69. The molecule has 19 heavy (non-hydrogen) atoms. The molecule has 1 rings (SSSR count). The van der Waals surface area contributed by atoms with Gasteiger partial charge in [-0.15, -0.1) is 0 Å². The molecule has 0 unspecified atom stereocenters. The second kappa shape index (κ2) is 7.02. The molecule has 1 aromatic carbocycles. The van der Waals surface area contributed by atoms with Gasteiger partial charge in [0, 0.05) is 5.54 Å². The number of nitrogens with one attached hydrogen (secondary N) is 2. The van der Waals surface area contributed by atoms with Gasteiger partial charge in [0.15, 0.2) is 0 Å². The van der Waals surface area contributed by atoms with Gasteiger partial charge in [0.05, 0.1) is 6.54 Å². The maximum Gasteiger partial charge on any atom is 0.315 e. The van der Waals surface area contributed by atoms with Crippen molar-refractivity contribution in [2.75, 3.05) is 13.2 Å². The highest BCUT2D eigenvalue weighted by Gasteiger charge is 2.12. The highest BCUT2D eigenvalue weighted by molar-refractivity contribution is 5.74. The molecule has 2 N–H and O–H groups in total. The molecule has 0 aromatic heterocycles. The lowest BCUT2D eigenvalue weighted by atomic mass is 10.1. The predicted molar refractivity (Wildman–Crippen MR) is 77.6 cm³/mol. The van der Waals surface area contributed by atoms with Crippen molar-refractivity contribution in [3.05, 3.63) is 29.8 Å². The van der Waals surface area contributed by atoms with E-state index in [9.17, 15) is 4.79 Å². The molecule has 0 radical (unpaired) electrons. The minimum atomic E-state index is -0.222. The fourth-order valence-electron chi connectivity index (χ4n) is 1.65. The Morgan fingerprint density at radius 1 is 1.26 bits per heavy atom. The van der Waals surface area contributed by atoms with E-state index in [2.05, 4.69) is 23.6 Å². The summed E-state index contributed by atoms with van der Waals surface area (Å²) < 4.78 is 5.67. The minimum Gasteiger partial charge on any atom is -0.491 e. The molecule has 106 valence electrons. The van der Waals surface area contributed by atoms with E-state index < -0.39 is 0 Å². The standard InChI is InChI=1S/C15H24N2O2/c1-5-12-8-6-7-9-13(12)19-11-10-16-14(18)17-15(2,3)4/h6-9H,5,10-11H2,1-4H3,(H2,16,17,18). The number of carbonyl (C=O) groups is 1. The van der Waals surface area contributed by atoms with Gasteiger partial charge in [-0.3, -0.25) is 0 Å². The number of hydrogen-bond donors (Lipinski definition) is 2. The molecule has 0 fully saturated rings. The van der Waals surface area contributed by atoms with Crippen molar-refractivity contribution in [2.24, 2.45) is 0 Å². The third-order valence-electron chi connectivity index (χ3n) is 2.49. The number of aryl methyl sites for hydroxylation is 1. The van der Waals surface area contributed by atoms with Crippen molar-refractivity contribution in [1.82, 2.24) is 10.6 Å². The van der Waals surface area contributed by atoms with E-state index in [0.717, 1.165) is 12.2 Å². The molecule has 0 aliphatic heterocycles. The van der Waals surface area contributed by atoms with Crippen molar-refractivity contribution in [3.63, 3.8) is 0 Å². The van der Waals surface area contributed by atoms with Gasteiger partial charge in [-0.1, -0.05) is 25.1 Å². The molecule has 4 nitrogen and oxygen atoms in total. The van der Waals surface area contributed by atoms with Crippen LogP contribution in [-0.4, -0.2) is 24.7 Å². The third kappa shape index (κ3) is 6.13. The van der Waals surface area contributed by atoms with Crippen molar-refractivity contribution in [2.45, 2.75) is 39.7 Å². The zero-order valence-electron chi connectivity index (χ0n) is 12.2. The molecule has 0 heterocycles. The van der Waals surface area contributed by atoms with Gasteiger partial charge in [-0.2, -0.15) is 0 Å². The normalized spacial score (nSPS) is 10.9. The molecule has 0 saturated heterocycles. The molecule has 4 heteroatoms. The first-order valence-electron chi connectivity index (χ1n) is 6.69. The lowest BCUT2D eigenvalue weighted by Crippen LogP contribution is -2.47. The van der Waals surface area contributed by atoms with Gasteiger partial charge in [0.2, 0.25) is 0 Å². The van der Waals surface area contributed by atoms with Gasteiger partial charge in [-0.25, -0.2) is 4.79 Å². The van der Waals surface area contributed by atoms with E-state index in [0.29, 0.717) is 13.2 Å². The van der Waals surface area contributed by atoms with Crippen LogP contribution in [0, 0.1) is 0 Å². The Kier molecular flexibility index (Phi) is 5.67. The Bertz CT molecular complexity index is 411. The van der Waals surface area contributed by atoms with E-state index in [1.807, 2.05) is 39.0 Å². The Morgan fingerprint density at radius 2 is 1.95 bits per heavy atom. The summed E-state index contributed by atoms with van der Waals surface area (Å²) in [6, 6.07) is 7.79. The zero-order chi connectivity index (χ0) is 14.3. The Hall–Kier alpha value is -1.71. The topological polar surface area (TPSA) is 50.4 Å². The van der Waals surface area contributed by atoms with Crippen molar-refractivity contribution in [3.8, 4) is 5.75 Å². The second-order valence-electron chi connectivity index (χ2n) is 5.44. The predicted octanol–water partition coefficient (Wildman–Crippen LogP) is 2.73. The minimum absolute atomic E-state index is 0.167. The summed E-state index contributed by atoms with van der Waals surface area (Å²) in [5.74, 6) is 0.892. The molecular formula is C15H24N2O2. The van der Waals surface area contributed by atoms with Crippen LogP contribution in [0.15, 0.2) is 24.3 Å². The monoisotopic (exact) mass is 264 g/mol. The molecule has 0 bridgehead atoms. The van der Waals surface area contributed by atoms with E-state index >= 15 is 0 Å². The first-order chi connectivity index (χ1) is 8.92. The number of ether oxygens (including phenoxy) is 1. The number of benzene rings is 1. The van der Waals surface area contributed by atoms with Gasteiger partial charge < -0.3 is 15.4 Å². The maximum absolute atomic E-state index is 11.5. The second-order valence-corrected chi connectivity index (χ2v) is 5.44. The summed E-state index contributed by atoms with van der Waals surface area (Å²) in [5.41, 5.74) is 0.960. The van der Waals surface area contributed by atoms with Crippen LogP contribution in [0.3, 0.4) is 0 Å². The molecule has 1 aromatic rings.